The summed E-state index contributed by atoms with van der Waals surface area (Å²) in [7, 11) is 0. The van der Waals surface area contributed by atoms with E-state index in [9.17, 15) is 14.4 Å². The van der Waals surface area contributed by atoms with Crippen molar-refractivity contribution < 1.29 is 14.4 Å². The maximum Gasteiger partial charge on any atom is 0.322 e. The first-order chi connectivity index (χ1) is 20.5. The van der Waals surface area contributed by atoms with E-state index >= 15 is 0 Å². The Hall–Kier alpha value is -3.04. The van der Waals surface area contributed by atoms with Gasteiger partial charge in [-0.15, -0.1) is 11.8 Å². The van der Waals surface area contributed by atoms with Crippen LogP contribution in [-0.4, -0.2) is 70.0 Å². The Morgan fingerprint density at radius 3 is 2.45 bits per heavy atom. The number of para-hydroxylation sites is 1. The molecule has 2 atom stereocenters. The molecule has 0 radical (unpaired) electrons. The van der Waals surface area contributed by atoms with Crippen molar-refractivity contribution in [2.45, 2.75) is 81.0 Å². The smallest absolute Gasteiger partial charge is 0.322 e. The molecule has 4 amide bonds. The first-order valence-corrected chi connectivity index (χ1v) is 16.6. The summed E-state index contributed by atoms with van der Waals surface area (Å²) < 4.78 is 0. The number of benzene rings is 2. The predicted octanol–water partition coefficient (Wildman–Crippen LogP) is 5.14. The zero-order chi connectivity index (χ0) is 29.1. The van der Waals surface area contributed by atoms with E-state index in [-0.39, 0.29) is 40.9 Å². The lowest BCUT2D eigenvalue weighted by molar-refractivity contribution is -0.137. The highest BCUT2D eigenvalue weighted by Gasteiger charge is 2.44. The number of anilines is 1. The van der Waals surface area contributed by atoms with Crippen LogP contribution in [0.25, 0.3) is 0 Å². The molecule has 0 aromatic heterocycles. The van der Waals surface area contributed by atoms with E-state index in [0.717, 1.165) is 48.2 Å². The molecule has 3 aliphatic heterocycles. The third kappa shape index (κ3) is 6.18. The quantitative estimate of drug-likeness (QED) is 0.466. The fourth-order valence-corrected chi connectivity index (χ4v) is 8.73. The lowest BCUT2D eigenvalue weighted by Crippen LogP contribution is -2.50. The second-order valence-electron chi connectivity index (χ2n) is 12.2. The molecule has 2 aromatic carbocycles. The molecule has 8 nitrogen and oxygen atoms in total. The van der Waals surface area contributed by atoms with E-state index in [0.29, 0.717) is 32.1 Å². The van der Waals surface area contributed by atoms with Crippen LogP contribution in [0.1, 0.15) is 73.4 Å². The summed E-state index contributed by atoms with van der Waals surface area (Å²) >= 11 is 1.62. The largest absolute Gasteiger partial charge is 0.342 e. The number of nitrogens with one attached hydrogen (secondary N) is 1. The molecule has 4 aliphatic rings. The van der Waals surface area contributed by atoms with E-state index < -0.39 is 0 Å². The standard InChI is InChI=1S/C33H43N5O3S/c34-21-25-11-4-6-12-27(25)32-38(22-23-8-2-1-3-9-23)31(40)29(42-32)20-30(39)36-17-15-26(16-18-36)37-19-14-24-10-5-7-13-28(24)35-33(37)41/h4-7,10-13,23,26,29,32H,1-3,8-9,14-22,34H2,(H,35,41). The van der Waals surface area contributed by atoms with Gasteiger partial charge in [-0.05, 0) is 60.8 Å². The van der Waals surface area contributed by atoms with E-state index in [1.807, 2.05) is 46.2 Å². The van der Waals surface area contributed by atoms with Gasteiger partial charge in [-0.3, -0.25) is 9.59 Å². The van der Waals surface area contributed by atoms with Crippen LogP contribution in [0.15, 0.2) is 48.5 Å². The third-order valence-corrected chi connectivity index (χ3v) is 11.1. The lowest BCUT2D eigenvalue weighted by Gasteiger charge is -2.38. The first kappa shape index (κ1) is 29.1. The molecule has 0 bridgehead atoms. The minimum absolute atomic E-state index is 0.0393. The number of nitrogens with zero attached hydrogens (tertiary/aromatic N) is 3. The number of carbonyl (C=O) groups excluding carboxylic acids is 3. The zero-order valence-corrected chi connectivity index (χ0v) is 25.2. The molecule has 3 fully saturated rings. The summed E-state index contributed by atoms with van der Waals surface area (Å²) in [6, 6.07) is 16.2. The van der Waals surface area contributed by atoms with E-state index in [2.05, 4.69) is 22.3 Å². The van der Waals surface area contributed by atoms with Crippen LogP contribution in [0.3, 0.4) is 0 Å². The number of thioether (sulfide) groups is 1. The molecule has 2 aromatic rings. The average molecular weight is 590 g/mol. The number of amides is 4. The molecule has 0 spiro atoms. The van der Waals surface area contributed by atoms with Gasteiger partial charge in [-0.25, -0.2) is 4.79 Å². The van der Waals surface area contributed by atoms with Crippen LogP contribution >= 0.6 is 11.8 Å². The van der Waals surface area contributed by atoms with Crippen LogP contribution in [-0.2, 0) is 22.6 Å². The van der Waals surface area contributed by atoms with Gasteiger partial charge in [0.25, 0.3) is 0 Å². The number of hydrogen-bond donors (Lipinski definition) is 2. The number of hydrogen-bond acceptors (Lipinski definition) is 5. The van der Waals surface area contributed by atoms with Crippen molar-refractivity contribution in [3.63, 3.8) is 0 Å². The average Bonchev–Trinajstić information content (AvgIpc) is 3.21. The number of nitrogens with two attached hydrogens (primary N) is 1. The van der Waals surface area contributed by atoms with Crippen LogP contribution in [0, 0.1) is 5.92 Å². The van der Waals surface area contributed by atoms with Gasteiger partial charge < -0.3 is 25.8 Å². The van der Waals surface area contributed by atoms with Crippen molar-refractivity contribution in [1.29, 1.82) is 0 Å². The normalized spacial score (nSPS) is 24.0. The van der Waals surface area contributed by atoms with Gasteiger partial charge in [0, 0.05) is 50.9 Å². The van der Waals surface area contributed by atoms with Gasteiger partial charge in [-0.2, -0.15) is 0 Å². The molecule has 3 heterocycles. The number of piperidine rings is 1. The maximum absolute atomic E-state index is 13.9. The summed E-state index contributed by atoms with van der Waals surface area (Å²) in [6.07, 6.45) is 8.61. The second-order valence-corrected chi connectivity index (χ2v) is 13.5. The Morgan fingerprint density at radius 1 is 0.929 bits per heavy atom. The Morgan fingerprint density at radius 2 is 1.67 bits per heavy atom. The Kier molecular flexibility index (Phi) is 9.05. The highest BCUT2D eigenvalue weighted by atomic mass is 32.2. The molecule has 9 heteroatoms. The van der Waals surface area contributed by atoms with Gasteiger partial charge >= 0.3 is 6.03 Å². The topological polar surface area (TPSA) is 99.0 Å². The fraction of sp³-hybridized carbons (Fsp3) is 0.545. The molecular weight excluding hydrogens is 546 g/mol. The number of fused-ring (bicyclic) bond motifs is 1. The number of carbonyl (C=O) groups is 3. The molecule has 2 saturated heterocycles. The molecule has 3 N–H and O–H groups in total. The summed E-state index contributed by atoms with van der Waals surface area (Å²) in [5.74, 6) is 0.650. The second kappa shape index (κ2) is 13.1. The van der Waals surface area contributed by atoms with E-state index in [1.165, 1.54) is 32.1 Å². The van der Waals surface area contributed by atoms with Crippen LogP contribution in [0.2, 0.25) is 0 Å². The zero-order valence-electron chi connectivity index (χ0n) is 24.4. The molecule has 6 rings (SSSR count). The minimum atomic E-state index is -0.385. The Balaban J connectivity index is 1.08. The summed E-state index contributed by atoms with van der Waals surface area (Å²) in [5, 5.41) is 2.58. The Labute approximate surface area is 253 Å². The fourth-order valence-electron chi connectivity index (χ4n) is 7.21. The SMILES string of the molecule is NCc1ccccc1C1SC(CC(=O)N2CCC(N3CCc4ccccc4NC3=O)CC2)C(=O)N1CC1CCCCC1. The van der Waals surface area contributed by atoms with Crippen molar-refractivity contribution in [2.24, 2.45) is 11.7 Å². The van der Waals surface area contributed by atoms with E-state index in [1.54, 1.807) is 11.8 Å². The number of rotatable bonds is 7. The third-order valence-electron chi connectivity index (χ3n) is 9.62. The summed E-state index contributed by atoms with van der Waals surface area (Å²) in [6.45, 7) is 3.08. The van der Waals surface area contributed by atoms with Crippen molar-refractivity contribution in [2.75, 3.05) is 31.5 Å². The van der Waals surface area contributed by atoms with E-state index in [4.69, 9.17) is 5.73 Å². The molecule has 2 unspecified atom stereocenters. The summed E-state index contributed by atoms with van der Waals surface area (Å²) in [5.41, 5.74) is 10.3. The van der Waals surface area contributed by atoms with Crippen LogP contribution in [0.5, 0.6) is 0 Å². The van der Waals surface area contributed by atoms with Crippen LogP contribution < -0.4 is 11.1 Å². The van der Waals surface area contributed by atoms with Gasteiger partial charge in [0.1, 0.15) is 5.37 Å². The van der Waals surface area contributed by atoms with Crippen molar-refractivity contribution in [3.05, 3.63) is 65.2 Å². The van der Waals surface area contributed by atoms with Crippen molar-refractivity contribution >= 4 is 35.3 Å². The lowest BCUT2D eigenvalue weighted by atomic mass is 9.88. The number of likely N-dealkylation sites (tertiary alicyclic amines) is 1. The van der Waals surface area contributed by atoms with Gasteiger partial charge in [0.2, 0.25) is 11.8 Å². The molecule has 1 aliphatic carbocycles. The van der Waals surface area contributed by atoms with Gasteiger partial charge in [0.05, 0.1) is 5.25 Å². The highest BCUT2D eigenvalue weighted by Crippen LogP contribution is 2.46. The molecule has 224 valence electrons. The van der Waals surface area contributed by atoms with Gasteiger partial charge in [0.15, 0.2) is 0 Å². The van der Waals surface area contributed by atoms with Crippen molar-refractivity contribution in [1.82, 2.24) is 14.7 Å². The first-order valence-electron chi connectivity index (χ1n) is 15.7. The predicted molar refractivity (Wildman–Crippen MR) is 167 cm³/mol. The van der Waals surface area contributed by atoms with Crippen molar-refractivity contribution in [3.8, 4) is 0 Å². The minimum Gasteiger partial charge on any atom is -0.342 e. The Bertz CT molecular complexity index is 1290. The number of urea groups is 1. The maximum atomic E-state index is 13.9. The molecule has 42 heavy (non-hydrogen) atoms. The summed E-state index contributed by atoms with van der Waals surface area (Å²) in [4.78, 5) is 46.3. The highest BCUT2D eigenvalue weighted by molar-refractivity contribution is 8.01. The molecule has 1 saturated carbocycles. The van der Waals surface area contributed by atoms with Gasteiger partial charge in [-0.1, -0.05) is 61.7 Å². The molecular formula is C33H43N5O3S. The van der Waals surface area contributed by atoms with Crippen LogP contribution in [0.4, 0.5) is 10.5 Å². The monoisotopic (exact) mass is 589 g/mol.